The second-order valence-electron chi connectivity index (χ2n) is 7.28. The Labute approximate surface area is 199 Å². The van der Waals surface area contributed by atoms with Crippen molar-refractivity contribution in [3.63, 3.8) is 0 Å². The first-order valence-electron chi connectivity index (χ1n) is 10.4. The smallest absolute Gasteiger partial charge is 0.325 e. The van der Waals surface area contributed by atoms with Crippen LogP contribution in [-0.2, 0) is 20.8 Å². The molecular formula is C23H24N4O6S. The lowest BCUT2D eigenvalue weighted by Gasteiger charge is -2.10. The number of aromatic amines is 1. The maximum Gasteiger partial charge on any atom is 0.325 e. The van der Waals surface area contributed by atoms with E-state index in [-0.39, 0.29) is 16.9 Å². The lowest BCUT2D eigenvalue weighted by Crippen LogP contribution is -2.30. The molecule has 0 fully saturated rings. The quantitative estimate of drug-likeness (QED) is 0.241. The molecule has 1 heterocycles. The molecule has 3 N–H and O–H groups in total. The van der Waals surface area contributed by atoms with Gasteiger partial charge < -0.3 is 25.1 Å². The summed E-state index contributed by atoms with van der Waals surface area (Å²) < 4.78 is 11.2. The molecular weight excluding hydrogens is 460 g/mol. The van der Waals surface area contributed by atoms with Crippen LogP contribution in [0.25, 0.3) is 10.9 Å². The van der Waals surface area contributed by atoms with Gasteiger partial charge in [-0.3, -0.25) is 23.7 Å². The number of nitrogens with one attached hydrogen (secondary N) is 3. The molecule has 0 radical (unpaired) electrons. The maximum absolute atomic E-state index is 12.8. The molecule has 0 aliphatic heterocycles. The summed E-state index contributed by atoms with van der Waals surface area (Å²) in [5.74, 6) is -1.40. The van der Waals surface area contributed by atoms with Crippen molar-refractivity contribution in [1.29, 1.82) is 0 Å². The van der Waals surface area contributed by atoms with Crippen molar-refractivity contribution in [2.45, 2.75) is 13.0 Å². The van der Waals surface area contributed by atoms with Crippen molar-refractivity contribution in [1.82, 2.24) is 14.9 Å². The summed E-state index contributed by atoms with van der Waals surface area (Å²) in [5, 5.41) is 5.60. The summed E-state index contributed by atoms with van der Waals surface area (Å²) in [6.45, 7) is 0.700. The maximum atomic E-state index is 12.8. The molecule has 0 saturated carbocycles. The molecule has 0 aliphatic carbocycles. The first kappa shape index (κ1) is 24.8. The monoisotopic (exact) mass is 484 g/mol. The van der Waals surface area contributed by atoms with Crippen LogP contribution in [-0.4, -0.2) is 54.7 Å². The second kappa shape index (κ2) is 11.3. The van der Waals surface area contributed by atoms with E-state index in [1.54, 1.807) is 37.4 Å². The Morgan fingerprint density at radius 3 is 2.41 bits per heavy atom. The first-order chi connectivity index (χ1) is 16.3. The molecule has 3 aromatic rings. The predicted octanol–water partition coefficient (Wildman–Crippen LogP) is 2.25. The van der Waals surface area contributed by atoms with E-state index in [1.165, 1.54) is 23.8 Å². The van der Waals surface area contributed by atoms with E-state index in [1.807, 2.05) is 0 Å². The number of carbonyl (C=O) groups excluding carboxylic acids is 3. The third kappa shape index (κ3) is 5.94. The van der Waals surface area contributed by atoms with Crippen LogP contribution >= 0.6 is 12.2 Å². The average Bonchev–Trinajstić information content (AvgIpc) is 2.84. The van der Waals surface area contributed by atoms with Crippen LogP contribution in [0.2, 0.25) is 0 Å². The fraction of sp³-hybridized carbons (Fsp3) is 0.261. The van der Waals surface area contributed by atoms with E-state index in [0.717, 1.165) is 0 Å². The Kier molecular flexibility index (Phi) is 8.28. The van der Waals surface area contributed by atoms with E-state index in [0.29, 0.717) is 47.3 Å². The van der Waals surface area contributed by atoms with Crippen molar-refractivity contribution in [3.8, 4) is 0 Å². The fourth-order valence-corrected chi connectivity index (χ4v) is 3.48. The number of ether oxygens (including phenoxy) is 2. The molecule has 10 nitrogen and oxygen atoms in total. The van der Waals surface area contributed by atoms with E-state index >= 15 is 0 Å². The Morgan fingerprint density at radius 1 is 1.03 bits per heavy atom. The summed E-state index contributed by atoms with van der Waals surface area (Å²) in [4.78, 5) is 51.7. The van der Waals surface area contributed by atoms with Crippen molar-refractivity contribution < 1.29 is 23.9 Å². The van der Waals surface area contributed by atoms with Crippen LogP contribution in [0.3, 0.4) is 0 Å². The van der Waals surface area contributed by atoms with Gasteiger partial charge in [0.15, 0.2) is 4.77 Å². The number of aromatic nitrogens is 2. The van der Waals surface area contributed by atoms with E-state index in [9.17, 15) is 19.2 Å². The lowest BCUT2D eigenvalue weighted by atomic mass is 10.1. The minimum absolute atomic E-state index is 0.233. The van der Waals surface area contributed by atoms with E-state index in [2.05, 4.69) is 20.4 Å². The third-order valence-electron chi connectivity index (χ3n) is 5.00. The number of esters is 1. The summed E-state index contributed by atoms with van der Waals surface area (Å²) in [6.07, 6.45) is 0.644. The van der Waals surface area contributed by atoms with Crippen molar-refractivity contribution in [2.24, 2.45) is 0 Å². The number of amides is 2. The lowest BCUT2D eigenvalue weighted by molar-refractivity contribution is -0.139. The Balaban J connectivity index is 1.72. The Morgan fingerprint density at radius 2 is 1.74 bits per heavy atom. The average molecular weight is 485 g/mol. The number of H-pyrrole nitrogens is 1. The standard InChI is InChI=1S/C23H24N4O6S/c1-32-11-3-10-27-22(31)17-9-6-15(12-18(17)26-23(27)34)21(30)25-16-7-4-14(5-8-16)20(29)24-13-19(28)33-2/h4-9,12H,3,10-11,13H2,1-2H3,(H,24,29)(H,25,30)(H,26,34). The number of hydrogen-bond donors (Lipinski definition) is 3. The summed E-state index contributed by atoms with van der Waals surface area (Å²) in [7, 11) is 2.82. The number of rotatable bonds is 9. The predicted molar refractivity (Wildman–Crippen MR) is 129 cm³/mol. The second-order valence-corrected chi connectivity index (χ2v) is 7.67. The highest BCUT2D eigenvalue weighted by Crippen LogP contribution is 2.15. The van der Waals surface area contributed by atoms with Gasteiger partial charge in [-0.05, 0) is 61.1 Å². The number of carbonyl (C=O) groups is 3. The number of fused-ring (bicyclic) bond motifs is 1. The number of hydrogen-bond acceptors (Lipinski definition) is 7. The van der Waals surface area contributed by atoms with Gasteiger partial charge in [-0.25, -0.2) is 0 Å². The van der Waals surface area contributed by atoms with Gasteiger partial charge in [-0.15, -0.1) is 0 Å². The summed E-state index contributed by atoms with van der Waals surface area (Å²) in [5.41, 5.74) is 1.35. The number of benzene rings is 2. The molecule has 178 valence electrons. The van der Waals surface area contributed by atoms with Crippen molar-refractivity contribution >= 4 is 46.6 Å². The number of methoxy groups -OCH3 is 2. The zero-order valence-corrected chi connectivity index (χ0v) is 19.5. The molecule has 3 rings (SSSR count). The highest BCUT2D eigenvalue weighted by Gasteiger charge is 2.12. The van der Waals surface area contributed by atoms with Crippen LogP contribution in [0.1, 0.15) is 27.1 Å². The van der Waals surface area contributed by atoms with Crippen molar-refractivity contribution in [2.75, 3.05) is 32.7 Å². The molecule has 2 aromatic carbocycles. The highest BCUT2D eigenvalue weighted by atomic mass is 32.1. The number of anilines is 1. The summed E-state index contributed by atoms with van der Waals surface area (Å²) in [6, 6.07) is 10.9. The molecule has 34 heavy (non-hydrogen) atoms. The fourth-order valence-electron chi connectivity index (χ4n) is 3.20. The van der Waals surface area contributed by atoms with Gasteiger partial charge in [0.2, 0.25) is 0 Å². The molecule has 0 bridgehead atoms. The molecule has 2 amide bonds. The van der Waals surface area contributed by atoms with Crippen molar-refractivity contribution in [3.05, 3.63) is 68.7 Å². The zero-order valence-electron chi connectivity index (χ0n) is 18.7. The molecule has 0 unspecified atom stereocenters. The van der Waals surface area contributed by atoms with E-state index in [4.69, 9.17) is 17.0 Å². The topological polar surface area (TPSA) is 132 Å². The van der Waals surface area contributed by atoms with Gasteiger partial charge in [0.05, 0.1) is 18.0 Å². The minimum atomic E-state index is -0.557. The molecule has 0 saturated heterocycles. The van der Waals surface area contributed by atoms with Gasteiger partial charge in [-0.1, -0.05) is 0 Å². The Bertz CT molecular complexity index is 1330. The largest absolute Gasteiger partial charge is 0.468 e. The Hall–Kier alpha value is -3.83. The van der Waals surface area contributed by atoms with Crippen LogP contribution in [0.5, 0.6) is 0 Å². The third-order valence-corrected chi connectivity index (χ3v) is 5.32. The normalized spacial score (nSPS) is 10.6. The summed E-state index contributed by atoms with van der Waals surface area (Å²) >= 11 is 5.31. The zero-order chi connectivity index (χ0) is 24.7. The van der Waals surface area contributed by atoms with Crippen LogP contribution in [0.4, 0.5) is 5.69 Å². The van der Waals surface area contributed by atoms with Crippen LogP contribution in [0, 0.1) is 4.77 Å². The number of nitrogens with zero attached hydrogens (tertiary/aromatic N) is 1. The molecule has 0 aliphatic rings. The van der Waals surface area contributed by atoms with Gasteiger partial charge in [0, 0.05) is 37.1 Å². The van der Waals surface area contributed by atoms with Gasteiger partial charge in [0.25, 0.3) is 17.4 Å². The van der Waals surface area contributed by atoms with Gasteiger partial charge >= 0.3 is 5.97 Å². The van der Waals surface area contributed by atoms with Gasteiger partial charge in [-0.2, -0.15) is 0 Å². The highest BCUT2D eigenvalue weighted by molar-refractivity contribution is 7.71. The molecule has 11 heteroatoms. The van der Waals surface area contributed by atoms with E-state index < -0.39 is 17.8 Å². The SMILES string of the molecule is COCCCn1c(=S)[nH]c2cc(C(=O)Nc3ccc(C(=O)NCC(=O)OC)cc3)ccc2c1=O. The van der Waals surface area contributed by atoms with Crippen LogP contribution in [0.15, 0.2) is 47.3 Å². The minimum Gasteiger partial charge on any atom is -0.468 e. The molecule has 1 aromatic heterocycles. The molecule has 0 spiro atoms. The van der Waals surface area contributed by atoms with Gasteiger partial charge in [0.1, 0.15) is 6.54 Å². The first-order valence-corrected chi connectivity index (χ1v) is 10.8. The van der Waals surface area contributed by atoms with Crippen LogP contribution < -0.4 is 16.2 Å². The molecule has 0 atom stereocenters.